The van der Waals surface area contributed by atoms with E-state index < -0.39 is 16.1 Å². The first kappa shape index (κ1) is 31.0. The molecule has 0 saturated heterocycles. The van der Waals surface area contributed by atoms with Gasteiger partial charge in [0.05, 0.1) is 6.78 Å². The Labute approximate surface area is 222 Å². The Morgan fingerprint density at radius 1 is 0.500 bits per heavy atom. The van der Waals surface area contributed by atoms with Crippen molar-refractivity contribution in [2.24, 2.45) is 0 Å². The third-order valence-electron chi connectivity index (χ3n) is 4.24. The van der Waals surface area contributed by atoms with E-state index in [2.05, 4.69) is 126 Å². The lowest BCUT2D eigenvalue weighted by molar-refractivity contribution is 0.569. The largest absolute Gasteiger partial charge is 0.129 e. The molecule has 0 radical (unpaired) electrons. The molecule has 0 aromatic rings. The first-order chi connectivity index (χ1) is 13.8. The van der Waals surface area contributed by atoms with Crippen molar-refractivity contribution in [3.05, 3.63) is 17.9 Å². The summed E-state index contributed by atoms with van der Waals surface area (Å²) in [7, 11) is -2.64. The second-order valence-corrected chi connectivity index (χ2v) is 24.6. The highest BCUT2D eigenvalue weighted by Gasteiger charge is 2.09. The Kier molecular flexibility index (Phi) is 17.1. The van der Waals surface area contributed by atoms with E-state index in [1.54, 1.807) is 0 Å². The van der Waals surface area contributed by atoms with Crippen molar-refractivity contribution in [3.63, 3.8) is 0 Å². The van der Waals surface area contributed by atoms with Crippen molar-refractivity contribution in [2.75, 3.05) is 0 Å². The molecule has 0 atom stereocenters. The van der Waals surface area contributed by atoms with Crippen molar-refractivity contribution in [2.45, 2.75) is 103 Å². The van der Waals surface area contributed by atoms with Gasteiger partial charge in [-0.3, -0.25) is 0 Å². The summed E-state index contributed by atoms with van der Waals surface area (Å²) in [6.45, 7) is 13.7. The van der Waals surface area contributed by atoms with Crippen LogP contribution < -0.4 is 0 Å². The number of hydrogen-bond donors (Lipinski definition) is 0. The van der Waals surface area contributed by atoms with Crippen molar-refractivity contribution in [1.29, 1.82) is 0 Å². The van der Waals surface area contributed by atoms with Gasteiger partial charge in [-0.25, -0.2) is 0 Å². The Hall–Kier alpha value is 0.954. The molecule has 0 aromatic carbocycles. The number of allylic oxidation sites excluding steroid dienone is 2. The average molecular weight is 702 g/mol. The van der Waals surface area contributed by atoms with Crippen molar-refractivity contribution in [3.8, 4) is 22.9 Å². The topological polar surface area (TPSA) is 0 Å². The van der Waals surface area contributed by atoms with Crippen LogP contribution in [0.15, 0.2) is 17.9 Å². The fourth-order valence-electron chi connectivity index (χ4n) is 2.60. The van der Waals surface area contributed by atoms with Crippen molar-refractivity contribution < 1.29 is 0 Å². The molecular formula is C24H38Br4Si2. The summed E-state index contributed by atoms with van der Waals surface area (Å²) in [5, 5.41) is 0. The lowest BCUT2D eigenvalue weighted by Crippen LogP contribution is -2.16. The monoisotopic (exact) mass is 698 g/mol. The van der Waals surface area contributed by atoms with Crippen LogP contribution >= 0.6 is 63.7 Å². The minimum absolute atomic E-state index is 1.03. The minimum Gasteiger partial charge on any atom is -0.127 e. The van der Waals surface area contributed by atoms with E-state index in [0.29, 0.717) is 0 Å². The highest BCUT2D eigenvalue weighted by Crippen LogP contribution is 2.25. The van der Waals surface area contributed by atoms with Crippen LogP contribution in [0, 0.1) is 22.9 Å². The van der Waals surface area contributed by atoms with E-state index in [-0.39, 0.29) is 0 Å². The van der Waals surface area contributed by atoms with Gasteiger partial charge < -0.3 is 0 Å². The zero-order valence-corrected chi connectivity index (χ0v) is 27.9. The van der Waals surface area contributed by atoms with Gasteiger partial charge in [-0.05, 0) is 89.4 Å². The summed E-state index contributed by atoms with van der Waals surface area (Å²) in [6, 6.07) is 0. The minimum atomic E-state index is -1.32. The first-order valence-electron chi connectivity index (χ1n) is 11.0. The molecule has 0 rings (SSSR count). The summed E-state index contributed by atoms with van der Waals surface area (Å²) in [5.74, 6) is 6.80. The SMILES string of the molecule is C[Si](C)(C)C#CC(CCCCCCCCCCC(C#C[Si](C)(C)C)=C(Br)Br)=C(Br)Br. The van der Waals surface area contributed by atoms with Gasteiger partial charge in [0.2, 0.25) is 0 Å². The van der Waals surface area contributed by atoms with Gasteiger partial charge in [0.15, 0.2) is 0 Å². The molecule has 6 heteroatoms. The third kappa shape index (κ3) is 19.6. The van der Waals surface area contributed by atoms with E-state index >= 15 is 0 Å². The standard InChI is InChI=1S/C24H38Br4Si2/c1-29(2,3)19-17-21(23(25)26)15-13-11-9-7-8-10-12-14-16-22(24(27)28)18-20-30(4,5)6/h7-16H2,1-6H3. The van der Waals surface area contributed by atoms with Gasteiger partial charge in [0, 0.05) is 11.1 Å². The Morgan fingerprint density at radius 3 is 1.00 bits per heavy atom. The highest BCUT2D eigenvalue weighted by molar-refractivity contribution is 9.28. The smallest absolute Gasteiger partial charge is 0.127 e. The van der Waals surface area contributed by atoms with Gasteiger partial charge in [0.25, 0.3) is 0 Å². The van der Waals surface area contributed by atoms with E-state index in [1.807, 2.05) is 0 Å². The molecule has 170 valence electrons. The van der Waals surface area contributed by atoms with Crippen LogP contribution in [-0.2, 0) is 0 Å². The lowest BCUT2D eigenvalue weighted by atomic mass is 10.0. The number of hydrogen-bond acceptors (Lipinski definition) is 0. The molecule has 0 saturated carbocycles. The fourth-order valence-corrected chi connectivity index (χ4v) is 4.84. The van der Waals surface area contributed by atoms with Crippen molar-refractivity contribution in [1.82, 2.24) is 0 Å². The highest BCUT2D eigenvalue weighted by atomic mass is 79.9. The van der Waals surface area contributed by atoms with Crippen LogP contribution in [-0.4, -0.2) is 16.1 Å². The van der Waals surface area contributed by atoms with Crippen LogP contribution in [0.2, 0.25) is 39.3 Å². The molecule has 0 bridgehead atoms. The zero-order chi connectivity index (χ0) is 23.2. The van der Waals surface area contributed by atoms with Gasteiger partial charge in [0.1, 0.15) is 16.1 Å². The summed E-state index contributed by atoms with van der Waals surface area (Å²) in [6.07, 6.45) is 12.5. The molecule has 0 amide bonds. The lowest BCUT2D eigenvalue weighted by Gasteiger charge is -2.07. The maximum absolute atomic E-state index is 3.56. The van der Waals surface area contributed by atoms with Gasteiger partial charge in [-0.1, -0.05) is 89.6 Å². The Bertz CT molecular complexity index is 632. The second kappa shape index (κ2) is 16.5. The molecule has 0 aliphatic heterocycles. The van der Waals surface area contributed by atoms with Gasteiger partial charge in [-0.2, -0.15) is 0 Å². The van der Waals surface area contributed by atoms with E-state index in [1.165, 1.54) is 62.5 Å². The van der Waals surface area contributed by atoms with Crippen LogP contribution in [0.3, 0.4) is 0 Å². The molecular weight excluding hydrogens is 664 g/mol. The molecule has 0 aromatic heterocycles. The molecule has 0 N–H and O–H groups in total. The van der Waals surface area contributed by atoms with E-state index in [4.69, 9.17) is 0 Å². The molecule has 30 heavy (non-hydrogen) atoms. The van der Waals surface area contributed by atoms with E-state index in [0.717, 1.165) is 19.6 Å². The summed E-state index contributed by atoms with van der Waals surface area (Å²) in [5.41, 5.74) is 9.38. The number of unbranched alkanes of at least 4 members (excludes halogenated alkanes) is 7. The predicted octanol–water partition coefficient (Wildman–Crippen LogP) is 10.7. The first-order valence-corrected chi connectivity index (χ1v) is 21.1. The quantitative estimate of drug-likeness (QED) is 0.114. The number of halogens is 4. The third-order valence-corrected chi connectivity index (χ3v) is 7.90. The van der Waals surface area contributed by atoms with Crippen molar-refractivity contribution >= 4 is 79.9 Å². The van der Waals surface area contributed by atoms with Crippen LogP contribution in [0.1, 0.15) is 64.2 Å². The van der Waals surface area contributed by atoms with Crippen LogP contribution in [0.25, 0.3) is 0 Å². The zero-order valence-electron chi connectivity index (χ0n) is 19.6. The van der Waals surface area contributed by atoms with E-state index in [9.17, 15) is 0 Å². The summed E-state index contributed by atoms with van der Waals surface area (Å²) >= 11 is 14.2. The summed E-state index contributed by atoms with van der Waals surface area (Å²) in [4.78, 5) is 0. The predicted molar refractivity (Wildman–Crippen MR) is 158 cm³/mol. The van der Waals surface area contributed by atoms with Crippen LogP contribution in [0.5, 0.6) is 0 Å². The molecule has 0 aliphatic carbocycles. The fraction of sp³-hybridized carbons (Fsp3) is 0.667. The van der Waals surface area contributed by atoms with Gasteiger partial charge >= 0.3 is 0 Å². The molecule has 0 spiro atoms. The molecule has 0 aliphatic rings. The molecule has 0 fully saturated rings. The summed E-state index contributed by atoms with van der Waals surface area (Å²) < 4.78 is 2.05. The van der Waals surface area contributed by atoms with Crippen LogP contribution in [0.4, 0.5) is 0 Å². The Morgan fingerprint density at radius 2 is 0.767 bits per heavy atom. The van der Waals surface area contributed by atoms with Gasteiger partial charge in [-0.15, -0.1) is 11.1 Å². The number of rotatable bonds is 11. The maximum atomic E-state index is 3.56. The maximum Gasteiger partial charge on any atom is 0.129 e. The average Bonchev–Trinajstić information content (AvgIpc) is 2.59. The second-order valence-electron chi connectivity index (χ2n) is 9.81. The molecule has 0 nitrogen and oxygen atoms in total. The Balaban J connectivity index is 4.00. The molecule has 0 heterocycles. The molecule has 0 unspecified atom stereocenters. The normalized spacial score (nSPS) is 11.1.